The van der Waals surface area contributed by atoms with Gasteiger partial charge in [-0.3, -0.25) is 0 Å². The molecule has 0 aliphatic rings. The predicted octanol–water partition coefficient (Wildman–Crippen LogP) is 1.29. The Balaban J connectivity index is 2.45. The van der Waals surface area contributed by atoms with Crippen molar-refractivity contribution in [2.24, 2.45) is 0 Å². The van der Waals surface area contributed by atoms with Crippen LogP contribution in [-0.4, -0.2) is 41.4 Å². The quantitative estimate of drug-likeness (QED) is 0.770. The van der Waals surface area contributed by atoms with E-state index in [0.29, 0.717) is 24.7 Å². The molecule has 2 N–H and O–H groups in total. The fraction of sp³-hybridized carbons (Fsp3) is 0.583. The average molecular weight is 256 g/mol. The number of thioether (sulfide) groups is 1. The largest absolute Gasteiger partial charge is 0.481 e. The first kappa shape index (κ1) is 14.3. The number of pyridine rings is 1. The standard InChI is InChI=1S/C12H20N2O2S/c1-12(15,9-17-3)8-13-7-10-5-4-6-14-11(10)16-2/h4-6,13,15H,7-9H2,1-3H3. The Morgan fingerprint density at radius 3 is 3.00 bits per heavy atom. The van der Waals surface area contributed by atoms with Gasteiger partial charge in [-0.2, -0.15) is 11.8 Å². The van der Waals surface area contributed by atoms with Crippen molar-refractivity contribution in [3.8, 4) is 5.88 Å². The average Bonchev–Trinajstić information content (AvgIpc) is 2.29. The van der Waals surface area contributed by atoms with Gasteiger partial charge in [-0.05, 0) is 19.2 Å². The molecule has 1 heterocycles. The van der Waals surface area contributed by atoms with E-state index in [1.54, 1.807) is 25.1 Å². The summed E-state index contributed by atoms with van der Waals surface area (Å²) in [5.41, 5.74) is 0.310. The molecule has 4 nitrogen and oxygen atoms in total. The van der Waals surface area contributed by atoms with Crippen LogP contribution in [-0.2, 0) is 6.54 Å². The lowest BCUT2D eigenvalue weighted by Gasteiger charge is -2.22. The van der Waals surface area contributed by atoms with Crippen molar-refractivity contribution in [3.05, 3.63) is 23.9 Å². The zero-order valence-electron chi connectivity index (χ0n) is 10.6. The molecule has 0 spiro atoms. The highest BCUT2D eigenvalue weighted by Gasteiger charge is 2.18. The van der Waals surface area contributed by atoms with Crippen LogP contribution in [0.15, 0.2) is 18.3 Å². The summed E-state index contributed by atoms with van der Waals surface area (Å²) < 4.78 is 5.16. The van der Waals surface area contributed by atoms with Gasteiger partial charge in [0.25, 0.3) is 0 Å². The van der Waals surface area contributed by atoms with E-state index in [1.807, 2.05) is 25.3 Å². The van der Waals surface area contributed by atoms with Crippen molar-refractivity contribution in [2.75, 3.05) is 25.7 Å². The molecule has 1 unspecified atom stereocenters. The minimum Gasteiger partial charge on any atom is -0.481 e. The van der Waals surface area contributed by atoms with Crippen LogP contribution >= 0.6 is 11.8 Å². The molecule has 96 valence electrons. The number of rotatable bonds is 7. The number of hydrogen-bond donors (Lipinski definition) is 2. The molecule has 5 heteroatoms. The Labute approximate surface area is 107 Å². The Hall–Kier alpha value is -0.780. The van der Waals surface area contributed by atoms with Crippen LogP contribution < -0.4 is 10.1 Å². The van der Waals surface area contributed by atoms with Gasteiger partial charge in [0.1, 0.15) is 0 Å². The molecule has 0 aromatic carbocycles. The molecule has 0 saturated heterocycles. The number of nitrogens with zero attached hydrogens (tertiary/aromatic N) is 1. The second-order valence-corrected chi connectivity index (χ2v) is 5.07. The second-order valence-electron chi connectivity index (χ2n) is 4.21. The molecular weight excluding hydrogens is 236 g/mol. The summed E-state index contributed by atoms with van der Waals surface area (Å²) in [6, 6.07) is 3.84. The van der Waals surface area contributed by atoms with Crippen LogP contribution in [0.25, 0.3) is 0 Å². The molecule has 0 amide bonds. The summed E-state index contributed by atoms with van der Waals surface area (Å²) in [5, 5.41) is 13.2. The summed E-state index contributed by atoms with van der Waals surface area (Å²) in [6.07, 6.45) is 3.69. The fourth-order valence-corrected chi connectivity index (χ4v) is 2.29. The number of nitrogens with one attached hydrogen (secondary N) is 1. The van der Waals surface area contributed by atoms with E-state index in [0.717, 1.165) is 5.56 Å². The summed E-state index contributed by atoms with van der Waals surface area (Å²) in [6.45, 7) is 3.02. The first-order valence-corrected chi connectivity index (χ1v) is 6.88. The minimum atomic E-state index is -0.686. The molecule has 0 aliphatic carbocycles. The number of ether oxygens (including phenoxy) is 1. The van der Waals surface area contributed by atoms with Crippen molar-refractivity contribution in [1.29, 1.82) is 0 Å². The lowest BCUT2D eigenvalue weighted by molar-refractivity contribution is 0.0845. The minimum absolute atomic E-state index is 0.548. The van der Waals surface area contributed by atoms with E-state index in [4.69, 9.17) is 4.74 Å². The van der Waals surface area contributed by atoms with Gasteiger partial charge in [0.2, 0.25) is 5.88 Å². The maximum Gasteiger partial charge on any atom is 0.217 e. The van der Waals surface area contributed by atoms with E-state index in [2.05, 4.69) is 10.3 Å². The van der Waals surface area contributed by atoms with E-state index in [9.17, 15) is 5.11 Å². The van der Waals surface area contributed by atoms with Gasteiger partial charge >= 0.3 is 0 Å². The van der Waals surface area contributed by atoms with Gasteiger partial charge in [-0.15, -0.1) is 0 Å². The fourth-order valence-electron chi connectivity index (χ4n) is 1.57. The smallest absolute Gasteiger partial charge is 0.217 e. The van der Waals surface area contributed by atoms with Crippen LogP contribution in [0.4, 0.5) is 0 Å². The molecule has 1 aromatic rings. The monoisotopic (exact) mass is 256 g/mol. The summed E-state index contributed by atoms with van der Waals surface area (Å²) in [4.78, 5) is 4.12. The highest BCUT2D eigenvalue weighted by molar-refractivity contribution is 7.98. The van der Waals surface area contributed by atoms with Crippen molar-refractivity contribution >= 4 is 11.8 Å². The Morgan fingerprint density at radius 2 is 2.35 bits per heavy atom. The third kappa shape index (κ3) is 4.93. The van der Waals surface area contributed by atoms with Gasteiger partial charge < -0.3 is 15.2 Å². The Kier molecular flexibility index (Phi) is 5.74. The molecule has 1 rings (SSSR count). The molecule has 0 fully saturated rings. The molecular formula is C12H20N2O2S. The molecule has 0 saturated carbocycles. The molecule has 1 aromatic heterocycles. The van der Waals surface area contributed by atoms with Gasteiger partial charge in [-0.1, -0.05) is 6.07 Å². The van der Waals surface area contributed by atoms with Crippen molar-refractivity contribution < 1.29 is 9.84 Å². The van der Waals surface area contributed by atoms with Crippen molar-refractivity contribution in [3.63, 3.8) is 0 Å². The topological polar surface area (TPSA) is 54.4 Å². The van der Waals surface area contributed by atoms with Gasteiger partial charge in [0.05, 0.1) is 12.7 Å². The maximum absolute atomic E-state index is 9.99. The van der Waals surface area contributed by atoms with Crippen LogP contribution in [0.2, 0.25) is 0 Å². The number of aliphatic hydroxyl groups is 1. The summed E-state index contributed by atoms with van der Waals surface area (Å²) in [7, 11) is 1.61. The van der Waals surface area contributed by atoms with Gasteiger partial charge in [0.15, 0.2) is 0 Å². The Morgan fingerprint density at radius 1 is 1.59 bits per heavy atom. The lowest BCUT2D eigenvalue weighted by atomic mass is 10.1. The molecule has 0 bridgehead atoms. The van der Waals surface area contributed by atoms with Gasteiger partial charge in [-0.25, -0.2) is 4.98 Å². The highest BCUT2D eigenvalue weighted by Crippen LogP contribution is 2.14. The third-order valence-corrected chi connectivity index (χ3v) is 3.23. The predicted molar refractivity (Wildman–Crippen MR) is 71.5 cm³/mol. The first-order valence-electron chi connectivity index (χ1n) is 5.49. The molecule has 17 heavy (non-hydrogen) atoms. The third-order valence-electron chi connectivity index (χ3n) is 2.32. The van der Waals surface area contributed by atoms with Crippen LogP contribution in [0.1, 0.15) is 12.5 Å². The van der Waals surface area contributed by atoms with Crippen molar-refractivity contribution in [1.82, 2.24) is 10.3 Å². The van der Waals surface area contributed by atoms with Crippen LogP contribution in [0, 0.1) is 0 Å². The summed E-state index contributed by atoms with van der Waals surface area (Å²) in [5.74, 6) is 1.34. The molecule has 1 atom stereocenters. The Bertz CT molecular complexity index is 345. The molecule has 0 radical (unpaired) electrons. The zero-order chi connectivity index (χ0) is 12.7. The molecule has 0 aliphatic heterocycles. The zero-order valence-corrected chi connectivity index (χ0v) is 11.4. The summed E-state index contributed by atoms with van der Waals surface area (Å²) >= 11 is 1.64. The normalized spacial score (nSPS) is 14.4. The second kappa shape index (κ2) is 6.83. The number of hydrogen-bond acceptors (Lipinski definition) is 5. The lowest BCUT2D eigenvalue weighted by Crippen LogP contribution is -2.39. The van der Waals surface area contributed by atoms with Crippen LogP contribution in [0.3, 0.4) is 0 Å². The first-order chi connectivity index (χ1) is 8.09. The van der Waals surface area contributed by atoms with E-state index >= 15 is 0 Å². The number of aromatic nitrogens is 1. The highest BCUT2D eigenvalue weighted by atomic mass is 32.2. The van der Waals surface area contributed by atoms with E-state index < -0.39 is 5.60 Å². The SMILES string of the molecule is COc1ncccc1CNCC(C)(O)CSC. The van der Waals surface area contributed by atoms with E-state index in [-0.39, 0.29) is 0 Å². The van der Waals surface area contributed by atoms with Crippen LogP contribution in [0.5, 0.6) is 5.88 Å². The van der Waals surface area contributed by atoms with E-state index in [1.165, 1.54) is 0 Å². The van der Waals surface area contributed by atoms with Gasteiger partial charge in [0, 0.05) is 30.6 Å². The maximum atomic E-state index is 9.99. The number of methoxy groups -OCH3 is 1. The van der Waals surface area contributed by atoms with Crippen molar-refractivity contribution in [2.45, 2.75) is 19.1 Å².